The van der Waals surface area contributed by atoms with Gasteiger partial charge in [-0.15, -0.1) is 0 Å². The summed E-state index contributed by atoms with van der Waals surface area (Å²) >= 11 is 0. The summed E-state index contributed by atoms with van der Waals surface area (Å²) < 4.78 is 0. The van der Waals surface area contributed by atoms with Crippen molar-refractivity contribution in [2.24, 2.45) is 11.3 Å². The third-order valence-corrected chi connectivity index (χ3v) is 2.70. The molecule has 0 aliphatic heterocycles. The molecule has 0 heteroatoms. The van der Waals surface area contributed by atoms with Crippen molar-refractivity contribution in [3.05, 3.63) is 11.6 Å². The van der Waals surface area contributed by atoms with E-state index < -0.39 is 0 Å². The largest absolute Gasteiger partial charge is 0.0799 e. The molecule has 0 bridgehead atoms. The lowest BCUT2D eigenvalue weighted by atomic mass is 9.75. The molecule has 0 aliphatic carbocycles. The lowest BCUT2D eigenvalue weighted by molar-refractivity contribution is 0.264. The number of hydrogen-bond acceptors (Lipinski definition) is 0. The Labute approximate surface area is 78.1 Å². The van der Waals surface area contributed by atoms with Crippen LogP contribution in [0.3, 0.4) is 0 Å². The Balaban J connectivity index is 4.46. The first-order valence-corrected chi connectivity index (χ1v) is 5.10. The van der Waals surface area contributed by atoms with Gasteiger partial charge in [0, 0.05) is 0 Å². The predicted molar refractivity (Wildman–Crippen MR) is 57.3 cm³/mol. The Morgan fingerprint density at radius 2 is 1.58 bits per heavy atom. The fourth-order valence-corrected chi connectivity index (χ4v) is 2.20. The van der Waals surface area contributed by atoms with Crippen LogP contribution in [-0.2, 0) is 0 Å². The first-order chi connectivity index (χ1) is 5.44. The molecule has 0 unspecified atom stereocenters. The Morgan fingerprint density at radius 3 is 1.83 bits per heavy atom. The summed E-state index contributed by atoms with van der Waals surface area (Å²) in [5.41, 5.74) is 1.81. The Kier molecular flexibility index (Phi) is 4.59. The summed E-state index contributed by atoms with van der Waals surface area (Å²) in [6, 6.07) is 0. The predicted octanol–water partition coefficient (Wildman–Crippen LogP) is 4.42. The Bertz CT molecular complexity index is 143. The monoisotopic (exact) mass is 168 g/mol. The fraction of sp³-hybridized carbons (Fsp3) is 0.833. The summed E-state index contributed by atoms with van der Waals surface area (Å²) in [6.07, 6.45) is 4.98. The molecule has 0 aromatic carbocycles. The minimum absolute atomic E-state index is 0.377. The molecular weight excluding hydrogens is 144 g/mol. The molecule has 0 rings (SSSR count). The second-order valence-corrected chi connectivity index (χ2v) is 4.56. The van der Waals surface area contributed by atoms with Crippen LogP contribution in [0, 0.1) is 11.3 Å². The smallest absolute Gasteiger partial charge is 0.0144 e. The molecule has 12 heavy (non-hydrogen) atoms. The van der Waals surface area contributed by atoms with E-state index in [9.17, 15) is 0 Å². The van der Waals surface area contributed by atoms with Crippen molar-refractivity contribution in [2.45, 2.75) is 54.4 Å². The highest BCUT2D eigenvalue weighted by Gasteiger charge is 2.23. The fourth-order valence-electron chi connectivity index (χ4n) is 2.20. The second-order valence-electron chi connectivity index (χ2n) is 4.56. The minimum atomic E-state index is 0.377. The van der Waals surface area contributed by atoms with Crippen molar-refractivity contribution < 1.29 is 0 Å². The summed E-state index contributed by atoms with van der Waals surface area (Å²) in [5, 5.41) is 0. The average Bonchev–Trinajstić information content (AvgIpc) is 1.85. The molecule has 0 aliphatic rings. The normalized spacial score (nSPS) is 11.9. The zero-order chi connectivity index (χ0) is 9.78. The van der Waals surface area contributed by atoms with E-state index in [0.29, 0.717) is 5.41 Å². The van der Waals surface area contributed by atoms with Crippen molar-refractivity contribution in [3.8, 4) is 0 Å². The molecular formula is C12H24. The summed E-state index contributed by atoms with van der Waals surface area (Å²) in [5.74, 6) is 0.826. The number of hydrogen-bond donors (Lipinski definition) is 0. The topological polar surface area (TPSA) is 0 Å². The lowest BCUT2D eigenvalue weighted by Crippen LogP contribution is -2.20. The Morgan fingerprint density at radius 1 is 1.17 bits per heavy atom. The molecule has 0 saturated carbocycles. The van der Waals surface area contributed by atoms with Crippen LogP contribution in [0.25, 0.3) is 0 Å². The van der Waals surface area contributed by atoms with E-state index in [0.717, 1.165) is 5.92 Å². The van der Waals surface area contributed by atoms with E-state index in [2.05, 4.69) is 47.6 Å². The van der Waals surface area contributed by atoms with Crippen molar-refractivity contribution in [2.75, 3.05) is 0 Å². The van der Waals surface area contributed by atoms with Crippen LogP contribution in [0.1, 0.15) is 54.4 Å². The molecule has 0 radical (unpaired) electrons. The zero-order valence-electron chi connectivity index (χ0n) is 9.57. The van der Waals surface area contributed by atoms with E-state index in [1.54, 1.807) is 0 Å². The van der Waals surface area contributed by atoms with Gasteiger partial charge in [0.1, 0.15) is 0 Å². The highest BCUT2D eigenvalue weighted by atomic mass is 14.3. The molecule has 72 valence electrons. The van der Waals surface area contributed by atoms with E-state index in [1.807, 2.05) is 0 Å². The molecule has 0 amide bonds. The quantitative estimate of drug-likeness (QED) is 0.545. The van der Waals surface area contributed by atoms with Crippen LogP contribution < -0.4 is 0 Å². The van der Waals surface area contributed by atoms with Gasteiger partial charge < -0.3 is 0 Å². The molecule has 0 heterocycles. The van der Waals surface area contributed by atoms with E-state index in [4.69, 9.17) is 0 Å². The van der Waals surface area contributed by atoms with Crippen LogP contribution in [0.5, 0.6) is 0 Å². The van der Waals surface area contributed by atoms with Crippen molar-refractivity contribution in [3.63, 3.8) is 0 Å². The van der Waals surface area contributed by atoms with Gasteiger partial charge in [-0.05, 0) is 25.2 Å². The molecule has 0 aromatic heterocycles. The molecule has 0 aromatic rings. The van der Waals surface area contributed by atoms with Crippen LogP contribution in [-0.4, -0.2) is 0 Å². The highest BCUT2D eigenvalue weighted by molar-refractivity contribution is 5.04. The maximum Gasteiger partial charge on any atom is -0.0144 e. The molecule has 0 nitrogen and oxygen atoms in total. The number of rotatable bonds is 4. The molecule has 0 fully saturated rings. The van der Waals surface area contributed by atoms with Gasteiger partial charge in [-0.3, -0.25) is 0 Å². The minimum Gasteiger partial charge on any atom is -0.0799 e. The lowest BCUT2D eigenvalue weighted by Gasteiger charge is -2.30. The van der Waals surface area contributed by atoms with Gasteiger partial charge in [-0.2, -0.15) is 0 Å². The van der Waals surface area contributed by atoms with E-state index in [-0.39, 0.29) is 0 Å². The van der Waals surface area contributed by atoms with Crippen molar-refractivity contribution in [1.29, 1.82) is 0 Å². The highest BCUT2D eigenvalue weighted by Crippen LogP contribution is 2.34. The van der Waals surface area contributed by atoms with E-state index >= 15 is 0 Å². The second kappa shape index (κ2) is 4.69. The zero-order valence-corrected chi connectivity index (χ0v) is 9.57. The number of allylic oxidation sites excluding steroid dienone is 2. The summed E-state index contributed by atoms with van der Waals surface area (Å²) in [4.78, 5) is 0. The van der Waals surface area contributed by atoms with Gasteiger partial charge in [-0.1, -0.05) is 52.2 Å². The molecule has 0 saturated heterocycles. The van der Waals surface area contributed by atoms with Crippen LogP contribution in [0.2, 0.25) is 0 Å². The third kappa shape index (κ3) is 3.42. The van der Waals surface area contributed by atoms with Gasteiger partial charge in [0.2, 0.25) is 0 Å². The molecule has 0 spiro atoms. The van der Waals surface area contributed by atoms with Gasteiger partial charge >= 0.3 is 0 Å². The first-order valence-electron chi connectivity index (χ1n) is 5.10. The van der Waals surface area contributed by atoms with Gasteiger partial charge in [0.05, 0.1) is 0 Å². The van der Waals surface area contributed by atoms with Crippen LogP contribution >= 0.6 is 0 Å². The molecule has 0 atom stereocenters. The van der Waals surface area contributed by atoms with Crippen LogP contribution in [0.15, 0.2) is 11.6 Å². The van der Waals surface area contributed by atoms with Crippen molar-refractivity contribution in [1.82, 2.24) is 0 Å². The van der Waals surface area contributed by atoms with Crippen molar-refractivity contribution >= 4 is 0 Å². The maximum atomic E-state index is 2.41. The summed E-state index contributed by atoms with van der Waals surface area (Å²) in [6.45, 7) is 13.6. The standard InChI is InChI=1S/C12H24/c1-7-11(8-2)12(5,6)9-10(3)4/h9,11H,7-8H2,1-6H3. The first kappa shape index (κ1) is 11.7. The van der Waals surface area contributed by atoms with Gasteiger partial charge in [0.15, 0.2) is 0 Å². The van der Waals surface area contributed by atoms with Gasteiger partial charge in [-0.25, -0.2) is 0 Å². The van der Waals surface area contributed by atoms with Crippen LogP contribution in [0.4, 0.5) is 0 Å². The van der Waals surface area contributed by atoms with E-state index in [1.165, 1.54) is 18.4 Å². The molecule has 0 N–H and O–H groups in total. The summed E-state index contributed by atoms with van der Waals surface area (Å²) in [7, 11) is 0. The third-order valence-electron chi connectivity index (χ3n) is 2.70. The van der Waals surface area contributed by atoms with Gasteiger partial charge in [0.25, 0.3) is 0 Å². The SMILES string of the molecule is CCC(CC)C(C)(C)C=C(C)C. The average molecular weight is 168 g/mol. The maximum absolute atomic E-state index is 2.41. The Hall–Kier alpha value is -0.260.